The lowest BCUT2D eigenvalue weighted by Crippen LogP contribution is -2.58. The van der Waals surface area contributed by atoms with E-state index < -0.39 is 17.7 Å². The van der Waals surface area contributed by atoms with Gasteiger partial charge in [0.05, 0.1) is 11.7 Å². The van der Waals surface area contributed by atoms with Gasteiger partial charge >= 0.3 is 6.03 Å². The highest BCUT2D eigenvalue weighted by atomic mass is 19.1. The number of carbonyl (C=O) groups excluding carboxylic acids is 1. The number of urea groups is 1. The van der Waals surface area contributed by atoms with Crippen molar-refractivity contribution < 1.29 is 13.6 Å². The van der Waals surface area contributed by atoms with Crippen LogP contribution in [0.1, 0.15) is 0 Å². The minimum absolute atomic E-state index is 0.0180. The summed E-state index contributed by atoms with van der Waals surface area (Å²) in [7, 11) is 1.64. The Kier molecular flexibility index (Phi) is 3.23. The average Bonchev–Trinajstić information content (AvgIpc) is 2.19. The van der Waals surface area contributed by atoms with E-state index in [0.29, 0.717) is 0 Å². The zero-order chi connectivity index (χ0) is 12.4. The zero-order valence-corrected chi connectivity index (χ0v) is 9.34. The molecule has 0 bridgehead atoms. The first-order valence-electron chi connectivity index (χ1n) is 5.27. The van der Waals surface area contributed by atoms with Gasteiger partial charge in [0.2, 0.25) is 0 Å². The van der Waals surface area contributed by atoms with E-state index in [1.54, 1.807) is 7.05 Å². The van der Waals surface area contributed by atoms with Crippen molar-refractivity contribution in [3.05, 3.63) is 29.8 Å². The van der Waals surface area contributed by atoms with Gasteiger partial charge in [-0.3, -0.25) is 0 Å². The predicted molar refractivity (Wildman–Crippen MR) is 59.8 cm³/mol. The number of anilines is 1. The van der Waals surface area contributed by atoms with E-state index in [9.17, 15) is 13.6 Å². The van der Waals surface area contributed by atoms with E-state index in [2.05, 4.69) is 10.6 Å². The fourth-order valence-electron chi connectivity index (χ4n) is 1.51. The van der Waals surface area contributed by atoms with Gasteiger partial charge in [0, 0.05) is 26.2 Å². The summed E-state index contributed by atoms with van der Waals surface area (Å²) in [5.41, 5.74) is -0.0180. The maximum absolute atomic E-state index is 13.3. The largest absolute Gasteiger partial charge is 0.322 e. The summed E-state index contributed by atoms with van der Waals surface area (Å²) >= 11 is 0. The molecule has 17 heavy (non-hydrogen) atoms. The maximum Gasteiger partial charge on any atom is 0.322 e. The average molecular weight is 241 g/mol. The van der Waals surface area contributed by atoms with Crippen LogP contribution in [0.5, 0.6) is 0 Å². The molecule has 0 radical (unpaired) electrons. The Morgan fingerprint density at radius 3 is 2.71 bits per heavy atom. The molecule has 2 N–H and O–H groups in total. The minimum Gasteiger partial charge on any atom is -0.322 e. The molecule has 0 atom stereocenters. The van der Waals surface area contributed by atoms with Crippen molar-refractivity contribution in [2.75, 3.05) is 25.5 Å². The van der Waals surface area contributed by atoms with Crippen molar-refractivity contribution in [3.8, 4) is 0 Å². The molecule has 4 nitrogen and oxygen atoms in total. The molecule has 1 aliphatic rings. The minimum atomic E-state index is -0.779. The first-order chi connectivity index (χ1) is 8.08. The van der Waals surface area contributed by atoms with Gasteiger partial charge in [-0.1, -0.05) is 0 Å². The Bertz CT molecular complexity index is 435. The van der Waals surface area contributed by atoms with Crippen LogP contribution in [0.3, 0.4) is 0 Å². The molecule has 6 heteroatoms. The summed E-state index contributed by atoms with van der Waals surface area (Å²) in [5, 5.41) is 5.44. The molecule has 0 aliphatic carbocycles. The number of nitrogens with one attached hydrogen (secondary N) is 2. The molecule has 1 heterocycles. The van der Waals surface area contributed by atoms with Crippen LogP contribution in [0, 0.1) is 11.6 Å². The number of likely N-dealkylation sites (N-methyl/N-ethyl adjacent to an activating group) is 1. The van der Waals surface area contributed by atoms with Crippen LogP contribution < -0.4 is 10.6 Å². The Morgan fingerprint density at radius 2 is 2.18 bits per heavy atom. The van der Waals surface area contributed by atoms with Gasteiger partial charge < -0.3 is 15.5 Å². The smallest absolute Gasteiger partial charge is 0.322 e. The second kappa shape index (κ2) is 4.67. The molecule has 1 saturated heterocycles. The van der Waals surface area contributed by atoms with Gasteiger partial charge in [-0.15, -0.1) is 0 Å². The van der Waals surface area contributed by atoms with Gasteiger partial charge in [0.1, 0.15) is 11.6 Å². The third kappa shape index (κ3) is 2.52. The lowest BCUT2D eigenvalue weighted by molar-refractivity contribution is 0.180. The van der Waals surface area contributed by atoms with Gasteiger partial charge in [-0.25, -0.2) is 13.6 Å². The van der Waals surface area contributed by atoms with E-state index >= 15 is 0 Å². The molecule has 1 aliphatic heterocycles. The molecule has 1 aromatic carbocycles. The van der Waals surface area contributed by atoms with Crippen molar-refractivity contribution in [2.24, 2.45) is 0 Å². The van der Waals surface area contributed by atoms with Crippen molar-refractivity contribution in [2.45, 2.75) is 6.04 Å². The normalized spacial score (nSPS) is 15.2. The first-order valence-corrected chi connectivity index (χ1v) is 5.27. The summed E-state index contributed by atoms with van der Waals surface area (Å²) in [6, 6.07) is 2.76. The molecule has 92 valence electrons. The highest BCUT2D eigenvalue weighted by Crippen LogP contribution is 2.16. The van der Waals surface area contributed by atoms with Crippen molar-refractivity contribution in [1.29, 1.82) is 0 Å². The van der Waals surface area contributed by atoms with E-state index in [1.165, 1.54) is 11.0 Å². The van der Waals surface area contributed by atoms with Crippen molar-refractivity contribution in [1.82, 2.24) is 10.2 Å². The lowest BCUT2D eigenvalue weighted by Gasteiger charge is -2.35. The van der Waals surface area contributed by atoms with Crippen LogP contribution >= 0.6 is 0 Å². The number of benzene rings is 1. The van der Waals surface area contributed by atoms with Crippen LogP contribution in [-0.4, -0.2) is 37.1 Å². The van der Waals surface area contributed by atoms with Crippen molar-refractivity contribution >= 4 is 11.7 Å². The fraction of sp³-hybridized carbons (Fsp3) is 0.364. The zero-order valence-electron chi connectivity index (χ0n) is 9.34. The Balaban J connectivity index is 2.02. The summed E-state index contributed by atoms with van der Waals surface area (Å²) < 4.78 is 25.9. The van der Waals surface area contributed by atoms with Crippen LogP contribution in [0.4, 0.5) is 19.3 Å². The molecule has 2 amide bonds. The second-order valence-corrected chi connectivity index (χ2v) is 3.98. The number of hydrogen-bond donors (Lipinski definition) is 2. The standard InChI is InChI=1S/C11H13F2N3O/c1-16(8-5-14-6-8)11(17)15-10-3-2-7(12)4-9(10)13/h2-4,8,14H,5-6H2,1H3,(H,15,17). The molecule has 1 aromatic rings. The summed E-state index contributed by atoms with van der Waals surface area (Å²) in [6.45, 7) is 1.46. The Labute approximate surface area is 97.6 Å². The second-order valence-electron chi connectivity index (χ2n) is 3.98. The fourth-order valence-corrected chi connectivity index (χ4v) is 1.51. The highest BCUT2D eigenvalue weighted by Gasteiger charge is 2.25. The quantitative estimate of drug-likeness (QED) is 0.822. The van der Waals surface area contributed by atoms with Gasteiger partial charge in [0.25, 0.3) is 0 Å². The van der Waals surface area contributed by atoms with Gasteiger partial charge in [0.15, 0.2) is 0 Å². The molecule has 1 fully saturated rings. The maximum atomic E-state index is 13.3. The molecule has 0 aromatic heterocycles. The number of rotatable bonds is 2. The van der Waals surface area contributed by atoms with Crippen LogP contribution in [0.2, 0.25) is 0 Å². The van der Waals surface area contributed by atoms with Crippen LogP contribution in [0.15, 0.2) is 18.2 Å². The van der Waals surface area contributed by atoms with E-state index in [0.717, 1.165) is 25.2 Å². The van der Waals surface area contributed by atoms with E-state index in [1.807, 2.05) is 0 Å². The molecule has 0 spiro atoms. The van der Waals surface area contributed by atoms with Crippen molar-refractivity contribution in [3.63, 3.8) is 0 Å². The number of halogens is 2. The topological polar surface area (TPSA) is 44.4 Å². The van der Waals surface area contributed by atoms with Crippen LogP contribution in [0.25, 0.3) is 0 Å². The third-order valence-electron chi connectivity index (χ3n) is 2.80. The van der Waals surface area contributed by atoms with E-state index in [4.69, 9.17) is 0 Å². The lowest BCUT2D eigenvalue weighted by atomic mass is 10.1. The van der Waals surface area contributed by atoms with E-state index in [-0.39, 0.29) is 11.7 Å². The molecular weight excluding hydrogens is 228 g/mol. The Morgan fingerprint density at radius 1 is 1.47 bits per heavy atom. The van der Waals surface area contributed by atoms with Crippen LogP contribution in [-0.2, 0) is 0 Å². The molecule has 0 unspecified atom stereocenters. The highest BCUT2D eigenvalue weighted by molar-refractivity contribution is 5.89. The summed E-state index contributed by atoms with van der Waals surface area (Å²) in [4.78, 5) is 13.2. The summed E-state index contributed by atoms with van der Waals surface area (Å²) in [5.74, 6) is -1.45. The molecule has 2 rings (SSSR count). The SMILES string of the molecule is CN(C(=O)Nc1ccc(F)cc1F)C1CNC1. The monoisotopic (exact) mass is 241 g/mol. The summed E-state index contributed by atoms with van der Waals surface area (Å²) in [6.07, 6.45) is 0. The predicted octanol–water partition coefficient (Wildman–Crippen LogP) is 1.40. The number of amides is 2. The number of carbonyl (C=O) groups is 1. The van der Waals surface area contributed by atoms with Gasteiger partial charge in [-0.2, -0.15) is 0 Å². The van der Waals surface area contributed by atoms with Gasteiger partial charge in [-0.05, 0) is 12.1 Å². The molecule has 0 saturated carbocycles. The first kappa shape index (κ1) is 11.8. The third-order valence-corrected chi connectivity index (χ3v) is 2.80. The Hall–Kier alpha value is -1.69. The number of hydrogen-bond acceptors (Lipinski definition) is 2. The molecular formula is C11H13F2N3O. The number of nitrogens with zero attached hydrogens (tertiary/aromatic N) is 1.